The molecule has 0 fully saturated rings. The Labute approximate surface area is 185 Å². The van der Waals surface area contributed by atoms with Gasteiger partial charge in [0.15, 0.2) is 0 Å². The number of rotatable bonds is 2. The van der Waals surface area contributed by atoms with Gasteiger partial charge in [0.05, 0.1) is 21.9 Å². The fraction of sp³-hybridized carbons (Fsp3) is 0.217. The van der Waals surface area contributed by atoms with Crippen LogP contribution in [0.5, 0.6) is 0 Å². The lowest BCUT2D eigenvalue weighted by atomic mass is 10.0. The van der Waals surface area contributed by atoms with Crippen LogP contribution in [0.3, 0.4) is 0 Å². The second-order valence-electron chi connectivity index (χ2n) is 7.66. The highest BCUT2D eigenvalue weighted by Gasteiger charge is 2.21. The van der Waals surface area contributed by atoms with Gasteiger partial charge in [-0.2, -0.15) is 0 Å². The van der Waals surface area contributed by atoms with Gasteiger partial charge < -0.3 is 9.47 Å². The second kappa shape index (κ2) is 7.91. The molecule has 7 heteroatoms. The average Bonchev–Trinajstić information content (AvgIpc) is 2.99. The molecular weight excluding hydrogens is 419 g/mol. The summed E-state index contributed by atoms with van der Waals surface area (Å²) in [4.78, 5) is 19.5. The molecule has 5 nitrogen and oxygen atoms in total. The monoisotopic (exact) mass is 440 g/mol. The summed E-state index contributed by atoms with van der Waals surface area (Å²) in [6, 6.07) is 13.4. The van der Waals surface area contributed by atoms with Gasteiger partial charge in [-0.15, -0.1) is 12.4 Å². The van der Waals surface area contributed by atoms with Gasteiger partial charge in [-0.25, -0.2) is 0 Å². The highest BCUT2D eigenvalue weighted by atomic mass is 35.5. The third-order valence-electron chi connectivity index (χ3n) is 5.81. The van der Waals surface area contributed by atoms with E-state index in [1.54, 1.807) is 22.9 Å². The van der Waals surface area contributed by atoms with Crippen LogP contribution < -0.4 is 5.56 Å². The predicted molar refractivity (Wildman–Crippen MR) is 124 cm³/mol. The zero-order chi connectivity index (χ0) is 20.1. The van der Waals surface area contributed by atoms with Gasteiger partial charge in [-0.3, -0.25) is 14.3 Å². The van der Waals surface area contributed by atoms with E-state index in [1.165, 1.54) is 16.6 Å². The van der Waals surface area contributed by atoms with Crippen molar-refractivity contribution in [2.45, 2.75) is 13.0 Å². The molecule has 5 rings (SSSR count). The van der Waals surface area contributed by atoms with Crippen LogP contribution in [0, 0.1) is 0 Å². The van der Waals surface area contributed by atoms with Crippen molar-refractivity contribution < 1.29 is 0 Å². The van der Waals surface area contributed by atoms with E-state index in [9.17, 15) is 4.79 Å². The Kier molecular flexibility index (Phi) is 5.45. The normalized spacial score (nSPS) is 13.8. The van der Waals surface area contributed by atoms with E-state index < -0.39 is 0 Å². The third kappa shape index (κ3) is 3.43. The molecule has 154 valence electrons. The van der Waals surface area contributed by atoms with Crippen LogP contribution in [-0.4, -0.2) is 32.6 Å². The van der Waals surface area contributed by atoms with Crippen molar-refractivity contribution >= 4 is 34.9 Å². The zero-order valence-electron chi connectivity index (χ0n) is 16.8. The SMILES string of the molecule is CN1CCc2c(n(C)c3cc(-n4ccc(-c5ccc(Cl)cn5)cc4=O)ccc23)C1.Cl. The second-order valence-corrected chi connectivity index (χ2v) is 8.10. The molecule has 0 unspecified atom stereocenters. The Balaban J connectivity index is 0.00000218. The molecule has 0 atom stereocenters. The third-order valence-corrected chi connectivity index (χ3v) is 6.03. The van der Waals surface area contributed by atoms with E-state index in [-0.39, 0.29) is 18.0 Å². The molecule has 4 aromatic rings. The molecule has 0 bridgehead atoms. The highest BCUT2D eigenvalue weighted by Crippen LogP contribution is 2.31. The molecule has 0 amide bonds. The smallest absolute Gasteiger partial charge is 0.255 e. The van der Waals surface area contributed by atoms with Crippen LogP contribution in [0.1, 0.15) is 11.3 Å². The molecule has 1 aliphatic heterocycles. The van der Waals surface area contributed by atoms with Crippen LogP contribution in [0.25, 0.3) is 27.8 Å². The van der Waals surface area contributed by atoms with E-state index in [0.717, 1.165) is 42.0 Å². The molecule has 0 spiro atoms. The number of hydrogen-bond acceptors (Lipinski definition) is 3. The van der Waals surface area contributed by atoms with Crippen LogP contribution in [-0.2, 0) is 20.0 Å². The van der Waals surface area contributed by atoms with Gasteiger partial charge in [0, 0.05) is 55.2 Å². The molecule has 0 radical (unpaired) electrons. The van der Waals surface area contributed by atoms with Gasteiger partial charge in [0.25, 0.3) is 5.56 Å². The minimum absolute atomic E-state index is 0. The number of aromatic nitrogens is 3. The van der Waals surface area contributed by atoms with Crippen LogP contribution in [0.2, 0.25) is 5.02 Å². The number of likely N-dealkylation sites (N-methyl/N-ethyl adjacent to an activating group) is 1. The summed E-state index contributed by atoms with van der Waals surface area (Å²) in [7, 11) is 4.27. The zero-order valence-corrected chi connectivity index (χ0v) is 18.4. The fourth-order valence-electron chi connectivity index (χ4n) is 4.22. The molecule has 0 aliphatic carbocycles. The number of pyridine rings is 2. The quantitative estimate of drug-likeness (QED) is 0.462. The van der Waals surface area contributed by atoms with E-state index >= 15 is 0 Å². The first-order valence-corrected chi connectivity index (χ1v) is 10.0. The fourth-order valence-corrected chi connectivity index (χ4v) is 4.33. The largest absolute Gasteiger partial charge is 0.346 e. The number of aryl methyl sites for hydroxylation is 1. The molecule has 0 saturated carbocycles. The van der Waals surface area contributed by atoms with Crippen molar-refractivity contribution in [3.8, 4) is 16.9 Å². The van der Waals surface area contributed by atoms with Crippen molar-refractivity contribution in [2.24, 2.45) is 7.05 Å². The molecule has 0 saturated heterocycles. The van der Waals surface area contributed by atoms with Gasteiger partial charge in [0.1, 0.15) is 0 Å². The summed E-state index contributed by atoms with van der Waals surface area (Å²) in [6.07, 6.45) is 4.46. The van der Waals surface area contributed by atoms with E-state index in [0.29, 0.717) is 5.02 Å². The molecule has 1 aliphatic rings. The predicted octanol–water partition coefficient (Wildman–Crippen LogP) is 4.45. The van der Waals surface area contributed by atoms with Gasteiger partial charge in [-0.05, 0) is 49.4 Å². The number of halogens is 2. The number of hydrogen-bond donors (Lipinski definition) is 0. The summed E-state index contributed by atoms with van der Waals surface area (Å²) in [6.45, 7) is 2.03. The van der Waals surface area contributed by atoms with Gasteiger partial charge in [-0.1, -0.05) is 17.7 Å². The van der Waals surface area contributed by atoms with Crippen molar-refractivity contribution in [1.82, 2.24) is 19.0 Å². The number of fused-ring (bicyclic) bond motifs is 3. The Morgan fingerprint density at radius 2 is 1.90 bits per heavy atom. The molecule has 1 aromatic carbocycles. The lowest BCUT2D eigenvalue weighted by Crippen LogP contribution is -2.27. The highest BCUT2D eigenvalue weighted by molar-refractivity contribution is 6.30. The standard InChI is InChI=1S/C23H21ClN4O.ClH/c1-26-9-8-19-18-5-4-17(12-21(18)27(2)22(19)14-26)28-10-7-15(11-23(28)29)20-6-3-16(24)13-25-20;/h3-7,10-13H,8-9,14H2,1-2H3;1H. The van der Waals surface area contributed by atoms with E-state index in [2.05, 4.69) is 40.7 Å². The Morgan fingerprint density at radius 3 is 2.63 bits per heavy atom. The van der Waals surface area contributed by atoms with E-state index in [4.69, 9.17) is 11.6 Å². The maximum atomic E-state index is 12.8. The summed E-state index contributed by atoms with van der Waals surface area (Å²) >= 11 is 5.91. The summed E-state index contributed by atoms with van der Waals surface area (Å²) in [5, 5.41) is 1.86. The van der Waals surface area contributed by atoms with Gasteiger partial charge in [0.2, 0.25) is 0 Å². The molecule has 4 heterocycles. The van der Waals surface area contributed by atoms with Gasteiger partial charge >= 0.3 is 0 Å². The van der Waals surface area contributed by atoms with Crippen LogP contribution >= 0.6 is 24.0 Å². The van der Waals surface area contributed by atoms with Crippen molar-refractivity contribution in [1.29, 1.82) is 0 Å². The van der Waals surface area contributed by atoms with Crippen LogP contribution in [0.4, 0.5) is 0 Å². The first-order valence-electron chi connectivity index (χ1n) is 9.65. The summed E-state index contributed by atoms with van der Waals surface area (Å²) in [5.41, 5.74) is 6.25. The molecule has 0 N–H and O–H groups in total. The molecule has 30 heavy (non-hydrogen) atoms. The number of nitrogens with zero attached hydrogens (tertiary/aromatic N) is 4. The van der Waals surface area contributed by atoms with E-state index in [1.807, 2.05) is 24.4 Å². The lowest BCUT2D eigenvalue weighted by Gasteiger charge is -2.23. The Hall–Kier alpha value is -2.60. The van der Waals surface area contributed by atoms with Crippen LogP contribution in [0.15, 0.2) is 59.7 Å². The summed E-state index contributed by atoms with van der Waals surface area (Å²) in [5.74, 6) is 0. The maximum absolute atomic E-state index is 12.8. The van der Waals surface area contributed by atoms with Crippen molar-refractivity contribution in [2.75, 3.05) is 13.6 Å². The number of benzene rings is 1. The first kappa shape index (κ1) is 20.7. The minimum atomic E-state index is -0.0858. The molecule has 3 aromatic heterocycles. The molecular formula is C23H22Cl2N4O. The Bertz CT molecular complexity index is 1290. The maximum Gasteiger partial charge on any atom is 0.255 e. The average molecular weight is 441 g/mol. The topological polar surface area (TPSA) is 43.1 Å². The van der Waals surface area contributed by atoms with Crippen molar-refractivity contribution in [3.63, 3.8) is 0 Å². The summed E-state index contributed by atoms with van der Waals surface area (Å²) < 4.78 is 3.94. The van der Waals surface area contributed by atoms with Crippen molar-refractivity contribution in [3.05, 3.63) is 81.5 Å². The Morgan fingerprint density at radius 1 is 1.07 bits per heavy atom. The first-order chi connectivity index (χ1) is 14.0. The minimum Gasteiger partial charge on any atom is -0.346 e. The lowest BCUT2D eigenvalue weighted by molar-refractivity contribution is 0.305.